The van der Waals surface area contributed by atoms with Gasteiger partial charge in [0.1, 0.15) is 5.69 Å². The van der Waals surface area contributed by atoms with Crippen molar-refractivity contribution in [1.82, 2.24) is 19.8 Å². The molecule has 2 heterocycles. The molecule has 6 heteroatoms. The lowest BCUT2D eigenvalue weighted by Gasteiger charge is -2.37. The van der Waals surface area contributed by atoms with Gasteiger partial charge in [-0.3, -0.25) is 14.6 Å². The quantitative estimate of drug-likeness (QED) is 0.827. The van der Waals surface area contributed by atoms with Gasteiger partial charge in [-0.1, -0.05) is 19.3 Å². The first kappa shape index (κ1) is 14.9. The molecule has 22 heavy (non-hydrogen) atoms. The number of rotatable bonds is 2. The number of aromatic nitrogens is 2. The van der Waals surface area contributed by atoms with Gasteiger partial charge in [0.05, 0.1) is 6.20 Å². The lowest BCUT2D eigenvalue weighted by atomic mass is 9.88. The van der Waals surface area contributed by atoms with Crippen LogP contribution >= 0.6 is 0 Å². The molecule has 0 bridgehead atoms. The number of amides is 2. The van der Waals surface area contributed by atoms with Crippen molar-refractivity contribution in [3.8, 4) is 0 Å². The number of carbonyl (C=O) groups excluding carboxylic acids is 2. The Morgan fingerprint density at radius 1 is 0.955 bits per heavy atom. The number of carbonyl (C=O) groups is 2. The second-order valence-electron chi connectivity index (χ2n) is 6.04. The van der Waals surface area contributed by atoms with Crippen molar-refractivity contribution in [1.29, 1.82) is 0 Å². The molecule has 1 aliphatic carbocycles. The maximum atomic E-state index is 12.5. The second-order valence-corrected chi connectivity index (χ2v) is 6.04. The van der Waals surface area contributed by atoms with Crippen LogP contribution in [0.3, 0.4) is 0 Å². The minimum absolute atomic E-state index is 0.0992. The smallest absolute Gasteiger partial charge is 0.274 e. The van der Waals surface area contributed by atoms with Crippen LogP contribution in [-0.2, 0) is 4.79 Å². The maximum absolute atomic E-state index is 12.5. The van der Waals surface area contributed by atoms with Crippen LogP contribution in [0.25, 0.3) is 0 Å². The molecule has 1 aliphatic heterocycles. The highest BCUT2D eigenvalue weighted by Crippen LogP contribution is 2.25. The molecule has 0 radical (unpaired) electrons. The molecule has 2 fully saturated rings. The van der Waals surface area contributed by atoms with E-state index >= 15 is 0 Å². The number of nitrogens with zero attached hydrogens (tertiary/aromatic N) is 4. The summed E-state index contributed by atoms with van der Waals surface area (Å²) in [6, 6.07) is 0. The molecular formula is C16H22N4O2. The summed E-state index contributed by atoms with van der Waals surface area (Å²) in [7, 11) is 0. The van der Waals surface area contributed by atoms with E-state index in [1.54, 1.807) is 11.1 Å². The van der Waals surface area contributed by atoms with Crippen molar-refractivity contribution < 1.29 is 9.59 Å². The summed E-state index contributed by atoms with van der Waals surface area (Å²) in [5.74, 6) is 0.389. The van der Waals surface area contributed by atoms with Crippen molar-refractivity contribution in [2.45, 2.75) is 32.1 Å². The Hall–Kier alpha value is -1.98. The number of piperazine rings is 1. The molecule has 118 valence electrons. The minimum Gasteiger partial charge on any atom is -0.339 e. The van der Waals surface area contributed by atoms with Gasteiger partial charge in [-0.05, 0) is 12.8 Å². The standard InChI is InChI=1S/C16H22N4O2/c21-15(13-4-2-1-3-5-13)19-8-10-20(11-9-19)16(22)14-12-17-6-7-18-14/h6-7,12-13H,1-5,8-11H2. The molecule has 0 spiro atoms. The molecule has 1 aromatic heterocycles. The Bertz CT molecular complexity index is 520. The summed E-state index contributed by atoms with van der Waals surface area (Å²) in [5, 5.41) is 0. The fourth-order valence-electron chi connectivity index (χ4n) is 3.31. The van der Waals surface area contributed by atoms with Gasteiger partial charge in [0.25, 0.3) is 5.91 Å². The third kappa shape index (κ3) is 3.26. The average Bonchev–Trinajstić information content (AvgIpc) is 2.62. The minimum atomic E-state index is -0.0992. The van der Waals surface area contributed by atoms with Gasteiger partial charge in [-0.2, -0.15) is 0 Å². The van der Waals surface area contributed by atoms with E-state index in [0.717, 1.165) is 12.8 Å². The molecule has 0 atom stereocenters. The Kier molecular flexibility index (Phi) is 4.65. The molecule has 1 aromatic rings. The molecule has 0 aromatic carbocycles. The van der Waals surface area contributed by atoms with E-state index in [1.807, 2.05) is 4.90 Å². The van der Waals surface area contributed by atoms with Gasteiger partial charge in [0.2, 0.25) is 5.91 Å². The van der Waals surface area contributed by atoms with Gasteiger partial charge < -0.3 is 9.80 Å². The maximum Gasteiger partial charge on any atom is 0.274 e. The van der Waals surface area contributed by atoms with E-state index < -0.39 is 0 Å². The van der Waals surface area contributed by atoms with Gasteiger partial charge in [-0.25, -0.2) is 4.98 Å². The van der Waals surface area contributed by atoms with E-state index in [1.165, 1.54) is 31.7 Å². The zero-order valence-corrected chi connectivity index (χ0v) is 12.8. The van der Waals surface area contributed by atoms with Gasteiger partial charge >= 0.3 is 0 Å². The molecule has 1 saturated carbocycles. The summed E-state index contributed by atoms with van der Waals surface area (Å²) < 4.78 is 0. The van der Waals surface area contributed by atoms with Crippen molar-refractivity contribution in [2.24, 2.45) is 5.92 Å². The summed E-state index contributed by atoms with van der Waals surface area (Å²) in [6.45, 7) is 2.41. The first-order valence-corrected chi connectivity index (χ1v) is 8.10. The molecule has 2 aliphatic rings. The fourth-order valence-corrected chi connectivity index (χ4v) is 3.31. The SMILES string of the molecule is O=C(c1cnccn1)N1CCN(C(=O)C2CCCCC2)CC1. The molecule has 3 rings (SSSR count). The summed E-state index contributed by atoms with van der Waals surface area (Å²) >= 11 is 0. The molecule has 0 N–H and O–H groups in total. The van der Waals surface area contributed by atoms with Crippen LogP contribution in [-0.4, -0.2) is 57.8 Å². The van der Waals surface area contributed by atoms with Gasteiger partial charge in [0.15, 0.2) is 0 Å². The van der Waals surface area contributed by atoms with Crippen LogP contribution in [0.4, 0.5) is 0 Å². The van der Waals surface area contributed by atoms with E-state index in [9.17, 15) is 9.59 Å². The highest BCUT2D eigenvalue weighted by molar-refractivity contribution is 5.92. The Labute approximate surface area is 130 Å². The highest BCUT2D eigenvalue weighted by Gasteiger charge is 2.30. The fraction of sp³-hybridized carbons (Fsp3) is 0.625. The van der Waals surface area contributed by atoms with Crippen molar-refractivity contribution >= 4 is 11.8 Å². The van der Waals surface area contributed by atoms with Crippen LogP contribution in [0, 0.1) is 5.92 Å². The normalized spacial score (nSPS) is 20.0. The predicted molar refractivity (Wildman–Crippen MR) is 81.1 cm³/mol. The first-order valence-electron chi connectivity index (χ1n) is 8.10. The zero-order valence-electron chi connectivity index (χ0n) is 12.8. The van der Waals surface area contributed by atoms with Crippen LogP contribution in [0.5, 0.6) is 0 Å². The lowest BCUT2D eigenvalue weighted by molar-refractivity contribution is -0.138. The third-order valence-corrected chi connectivity index (χ3v) is 4.62. The van der Waals surface area contributed by atoms with Gasteiger partial charge in [0, 0.05) is 44.5 Å². The molecule has 0 unspecified atom stereocenters. The number of hydrogen-bond acceptors (Lipinski definition) is 4. The second kappa shape index (κ2) is 6.85. The Balaban J connectivity index is 1.54. The lowest BCUT2D eigenvalue weighted by Crippen LogP contribution is -2.52. The van der Waals surface area contributed by atoms with Gasteiger partial charge in [-0.15, -0.1) is 0 Å². The summed E-state index contributed by atoms with van der Waals surface area (Å²) in [4.78, 5) is 36.5. The first-order chi connectivity index (χ1) is 10.8. The molecular weight excluding hydrogens is 280 g/mol. The monoisotopic (exact) mass is 302 g/mol. The van der Waals surface area contributed by atoms with Crippen LogP contribution in [0.15, 0.2) is 18.6 Å². The van der Waals surface area contributed by atoms with E-state index in [2.05, 4.69) is 9.97 Å². The Morgan fingerprint density at radius 3 is 2.27 bits per heavy atom. The molecule has 6 nitrogen and oxygen atoms in total. The molecule has 1 saturated heterocycles. The van der Waals surface area contributed by atoms with E-state index in [4.69, 9.17) is 0 Å². The average molecular weight is 302 g/mol. The topological polar surface area (TPSA) is 66.4 Å². The van der Waals surface area contributed by atoms with Crippen molar-refractivity contribution in [2.75, 3.05) is 26.2 Å². The predicted octanol–water partition coefficient (Wildman–Crippen LogP) is 1.34. The van der Waals surface area contributed by atoms with Crippen LogP contribution in [0.2, 0.25) is 0 Å². The zero-order chi connectivity index (χ0) is 15.4. The number of hydrogen-bond donors (Lipinski definition) is 0. The van der Waals surface area contributed by atoms with Crippen LogP contribution in [0.1, 0.15) is 42.6 Å². The van der Waals surface area contributed by atoms with Crippen molar-refractivity contribution in [3.05, 3.63) is 24.3 Å². The highest BCUT2D eigenvalue weighted by atomic mass is 16.2. The largest absolute Gasteiger partial charge is 0.339 e. The summed E-state index contributed by atoms with van der Waals surface area (Å²) in [6.07, 6.45) is 10.2. The van der Waals surface area contributed by atoms with Crippen LogP contribution < -0.4 is 0 Å². The third-order valence-electron chi connectivity index (χ3n) is 4.62. The van der Waals surface area contributed by atoms with Crippen molar-refractivity contribution in [3.63, 3.8) is 0 Å². The summed E-state index contributed by atoms with van der Waals surface area (Å²) in [5.41, 5.74) is 0.370. The van der Waals surface area contributed by atoms with E-state index in [-0.39, 0.29) is 17.7 Å². The van der Waals surface area contributed by atoms with E-state index in [0.29, 0.717) is 31.9 Å². The molecule has 2 amide bonds. The Morgan fingerprint density at radius 2 is 1.64 bits per heavy atom.